The maximum absolute atomic E-state index is 6.03. The van der Waals surface area contributed by atoms with Crippen LogP contribution in [0.1, 0.15) is 31.7 Å². The van der Waals surface area contributed by atoms with E-state index >= 15 is 0 Å². The molecule has 0 radical (unpaired) electrons. The number of likely N-dealkylation sites (tertiary alicyclic amines) is 1. The summed E-state index contributed by atoms with van der Waals surface area (Å²) in [5.74, 6) is 1.78. The van der Waals surface area contributed by atoms with Crippen LogP contribution in [-0.2, 0) is 6.42 Å². The van der Waals surface area contributed by atoms with Crippen LogP contribution in [0.4, 0.5) is 0 Å². The van der Waals surface area contributed by atoms with Crippen LogP contribution in [0.15, 0.2) is 30.9 Å². The van der Waals surface area contributed by atoms with Crippen molar-refractivity contribution in [2.45, 2.75) is 32.6 Å². The van der Waals surface area contributed by atoms with E-state index in [9.17, 15) is 0 Å². The zero-order chi connectivity index (χ0) is 15.1. The monoisotopic (exact) mass is 307 g/mol. The maximum atomic E-state index is 6.03. The van der Waals surface area contributed by atoms with Gasteiger partial charge in [0, 0.05) is 18.1 Å². The Hall–Kier alpha value is -0.990. The molecular weight excluding hydrogens is 282 g/mol. The van der Waals surface area contributed by atoms with Crippen molar-refractivity contribution in [2.75, 3.05) is 26.2 Å². The topological polar surface area (TPSA) is 12.5 Å². The number of hydrogen-bond acceptors (Lipinski definition) is 2. The Kier molecular flexibility index (Phi) is 6.59. The Morgan fingerprint density at radius 2 is 2.33 bits per heavy atom. The minimum absolute atomic E-state index is 0.751. The van der Waals surface area contributed by atoms with E-state index in [4.69, 9.17) is 16.3 Å². The Bertz CT molecular complexity index is 461. The van der Waals surface area contributed by atoms with Gasteiger partial charge < -0.3 is 9.64 Å². The number of benzene rings is 1. The highest BCUT2D eigenvalue weighted by atomic mass is 35.5. The van der Waals surface area contributed by atoms with Crippen LogP contribution in [0, 0.1) is 5.92 Å². The first-order valence-electron chi connectivity index (χ1n) is 7.93. The highest BCUT2D eigenvalue weighted by Crippen LogP contribution is 2.24. The molecule has 116 valence electrons. The van der Waals surface area contributed by atoms with Gasteiger partial charge in [0.2, 0.25) is 0 Å². The molecule has 1 aromatic rings. The predicted octanol–water partition coefficient (Wildman–Crippen LogP) is 4.57. The highest BCUT2D eigenvalue weighted by molar-refractivity contribution is 6.30. The first kappa shape index (κ1) is 16.4. The molecule has 1 heterocycles. The van der Waals surface area contributed by atoms with E-state index in [0.717, 1.165) is 48.2 Å². The van der Waals surface area contributed by atoms with Crippen LogP contribution >= 0.6 is 11.6 Å². The lowest BCUT2D eigenvalue weighted by molar-refractivity contribution is 0.170. The van der Waals surface area contributed by atoms with Gasteiger partial charge in [-0.1, -0.05) is 24.6 Å². The van der Waals surface area contributed by atoms with E-state index in [1.54, 1.807) is 0 Å². The fraction of sp³-hybridized carbons (Fsp3) is 0.556. The summed E-state index contributed by atoms with van der Waals surface area (Å²) in [6, 6.07) is 5.81. The fourth-order valence-corrected chi connectivity index (χ4v) is 3.16. The fourth-order valence-electron chi connectivity index (χ4n) is 2.96. The highest BCUT2D eigenvalue weighted by Gasteiger charge is 2.15. The molecule has 1 fully saturated rings. The molecule has 0 aliphatic carbocycles. The van der Waals surface area contributed by atoms with E-state index in [0.29, 0.717) is 0 Å². The van der Waals surface area contributed by atoms with Crippen molar-refractivity contribution < 1.29 is 4.74 Å². The number of hydrogen-bond donors (Lipinski definition) is 0. The molecular formula is C18H26ClNO. The second-order valence-corrected chi connectivity index (χ2v) is 6.43. The summed E-state index contributed by atoms with van der Waals surface area (Å²) in [4.78, 5) is 2.56. The van der Waals surface area contributed by atoms with Crippen molar-refractivity contribution in [2.24, 2.45) is 5.92 Å². The first-order chi connectivity index (χ1) is 10.2. The molecule has 2 nitrogen and oxygen atoms in total. The zero-order valence-corrected chi connectivity index (χ0v) is 13.7. The average Bonchev–Trinajstić information content (AvgIpc) is 2.46. The SMILES string of the molecule is C=CCc1cc(Cl)ccc1OCCCN1CCC[C@@H](C)C1. The van der Waals surface area contributed by atoms with Crippen LogP contribution in [0.3, 0.4) is 0 Å². The minimum Gasteiger partial charge on any atom is -0.493 e. The molecule has 1 aliphatic rings. The summed E-state index contributed by atoms with van der Waals surface area (Å²) in [7, 11) is 0. The van der Waals surface area contributed by atoms with Gasteiger partial charge >= 0.3 is 0 Å². The van der Waals surface area contributed by atoms with Crippen molar-refractivity contribution >= 4 is 11.6 Å². The quantitative estimate of drug-likeness (QED) is 0.540. The number of rotatable bonds is 7. The molecule has 0 aromatic heterocycles. The second-order valence-electron chi connectivity index (χ2n) is 5.99. The number of ether oxygens (including phenoxy) is 1. The maximum Gasteiger partial charge on any atom is 0.122 e. The smallest absolute Gasteiger partial charge is 0.122 e. The van der Waals surface area contributed by atoms with Crippen LogP contribution in [0.25, 0.3) is 0 Å². The molecule has 1 atom stereocenters. The summed E-state index contributed by atoms with van der Waals surface area (Å²) >= 11 is 6.03. The van der Waals surface area contributed by atoms with Gasteiger partial charge in [-0.2, -0.15) is 0 Å². The standard InChI is InChI=1S/C18H26ClNO/c1-3-6-16-13-17(19)8-9-18(16)21-12-5-11-20-10-4-7-15(2)14-20/h3,8-9,13,15H,1,4-7,10-12,14H2,2H3/t15-/m1/s1. The van der Waals surface area contributed by atoms with Gasteiger partial charge in [-0.3, -0.25) is 0 Å². The number of piperidine rings is 1. The van der Waals surface area contributed by atoms with Gasteiger partial charge in [0.1, 0.15) is 5.75 Å². The average molecular weight is 308 g/mol. The molecule has 21 heavy (non-hydrogen) atoms. The van der Waals surface area contributed by atoms with E-state index in [1.807, 2.05) is 24.3 Å². The number of nitrogens with zero attached hydrogens (tertiary/aromatic N) is 1. The predicted molar refractivity (Wildman–Crippen MR) is 90.3 cm³/mol. The third kappa shape index (κ3) is 5.37. The lowest BCUT2D eigenvalue weighted by atomic mass is 10.0. The van der Waals surface area contributed by atoms with E-state index in [1.165, 1.54) is 25.9 Å². The van der Waals surface area contributed by atoms with Gasteiger partial charge in [0.05, 0.1) is 6.61 Å². The molecule has 2 rings (SSSR count). The Balaban J connectivity index is 1.76. The van der Waals surface area contributed by atoms with Crippen molar-refractivity contribution in [1.82, 2.24) is 4.90 Å². The second kappa shape index (κ2) is 8.45. The third-order valence-corrected chi connectivity index (χ3v) is 4.24. The lowest BCUT2D eigenvalue weighted by Gasteiger charge is -2.30. The van der Waals surface area contributed by atoms with Gasteiger partial charge in [-0.15, -0.1) is 6.58 Å². The van der Waals surface area contributed by atoms with Crippen molar-refractivity contribution in [3.63, 3.8) is 0 Å². The summed E-state index contributed by atoms with van der Waals surface area (Å²) < 4.78 is 5.93. The molecule has 0 bridgehead atoms. The van der Waals surface area contributed by atoms with Crippen molar-refractivity contribution in [1.29, 1.82) is 0 Å². The third-order valence-electron chi connectivity index (χ3n) is 4.00. The molecule has 1 saturated heterocycles. The normalized spacial score (nSPS) is 19.4. The molecule has 0 N–H and O–H groups in total. The molecule has 0 saturated carbocycles. The van der Waals surface area contributed by atoms with Crippen molar-refractivity contribution in [3.8, 4) is 5.75 Å². The van der Waals surface area contributed by atoms with Gasteiger partial charge in [0.25, 0.3) is 0 Å². The van der Waals surface area contributed by atoms with E-state index in [-0.39, 0.29) is 0 Å². The molecule has 3 heteroatoms. The minimum atomic E-state index is 0.751. The van der Waals surface area contributed by atoms with Gasteiger partial charge in [-0.05, 0) is 61.9 Å². The Labute approximate surface area is 133 Å². The largest absolute Gasteiger partial charge is 0.493 e. The Morgan fingerprint density at radius 1 is 1.48 bits per heavy atom. The Morgan fingerprint density at radius 3 is 3.10 bits per heavy atom. The van der Waals surface area contributed by atoms with Crippen LogP contribution in [0.2, 0.25) is 5.02 Å². The van der Waals surface area contributed by atoms with Crippen LogP contribution in [-0.4, -0.2) is 31.1 Å². The zero-order valence-electron chi connectivity index (χ0n) is 13.0. The van der Waals surface area contributed by atoms with Crippen LogP contribution in [0.5, 0.6) is 5.75 Å². The number of halogens is 1. The molecule has 1 aromatic carbocycles. The van der Waals surface area contributed by atoms with Gasteiger partial charge in [0.15, 0.2) is 0 Å². The summed E-state index contributed by atoms with van der Waals surface area (Å²) in [5, 5.41) is 0.751. The summed E-state index contributed by atoms with van der Waals surface area (Å²) in [6.45, 7) is 10.5. The lowest BCUT2D eigenvalue weighted by Crippen LogP contribution is -2.35. The van der Waals surface area contributed by atoms with Gasteiger partial charge in [-0.25, -0.2) is 0 Å². The first-order valence-corrected chi connectivity index (χ1v) is 8.31. The summed E-state index contributed by atoms with van der Waals surface area (Å²) in [5.41, 5.74) is 1.11. The summed E-state index contributed by atoms with van der Waals surface area (Å²) in [6.07, 6.45) is 6.46. The molecule has 0 amide bonds. The van der Waals surface area contributed by atoms with E-state index in [2.05, 4.69) is 18.4 Å². The van der Waals surface area contributed by atoms with E-state index < -0.39 is 0 Å². The molecule has 0 spiro atoms. The van der Waals surface area contributed by atoms with Crippen molar-refractivity contribution in [3.05, 3.63) is 41.4 Å². The van der Waals surface area contributed by atoms with Crippen LogP contribution < -0.4 is 4.74 Å². The molecule has 0 unspecified atom stereocenters. The number of allylic oxidation sites excluding steroid dienone is 1. The molecule has 1 aliphatic heterocycles.